The zero-order valence-corrected chi connectivity index (χ0v) is 17.1. The van der Waals surface area contributed by atoms with Crippen LogP contribution in [0.15, 0.2) is 24.3 Å². The van der Waals surface area contributed by atoms with E-state index in [1.54, 1.807) is 4.90 Å². The summed E-state index contributed by atoms with van der Waals surface area (Å²) in [6.07, 6.45) is 0.800. The molecular formula is C19H23ClN4O2S. The highest BCUT2D eigenvalue weighted by molar-refractivity contribution is 7.13. The SMILES string of the molecule is CCc1nc(C)c(C(=O)NCC(=O)N2CCN(c3cccc(Cl)c3)CC2)s1. The zero-order chi connectivity index (χ0) is 19.4. The summed E-state index contributed by atoms with van der Waals surface area (Å²) in [7, 11) is 0. The number of nitrogens with one attached hydrogen (secondary N) is 1. The normalized spacial score (nSPS) is 14.3. The minimum Gasteiger partial charge on any atom is -0.368 e. The molecule has 1 aliphatic heterocycles. The predicted octanol–water partition coefficient (Wildman–Crippen LogP) is 2.75. The van der Waals surface area contributed by atoms with Gasteiger partial charge in [-0.05, 0) is 31.5 Å². The Morgan fingerprint density at radius 1 is 1.26 bits per heavy atom. The fourth-order valence-electron chi connectivity index (χ4n) is 3.05. The molecule has 2 aromatic rings. The summed E-state index contributed by atoms with van der Waals surface area (Å²) in [5.41, 5.74) is 1.78. The van der Waals surface area contributed by atoms with E-state index in [-0.39, 0.29) is 18.4 Å². The molecule has 1 aromatic carbocycles. The Labute approximate surface area is 168 Å². The van der Waals surface area contributed by atoms with E-state index in [0.717, 1.165) is 35.9 Å². The van der Waals surface area contributed by atoms with Gasteiger partial charge in [0.05, 0.1) is 17.2 Å². The molecule has 2 amide bonds. The molecule has 0 atom stereocenters. The Kier molecular flexibility index (Phi) is 6.34. The fourth-order valence-corrected chi connectivity index (χ4v) is 4.15. The number of hydrogen-bond donors (Lipinski definition) is 1. The number of thiazole rings is 1. The third kappa shape index (κ3) is 4.78. The maximum atomic E-state index is 12.4. The van der Waals surface area contributed by atoms with Gasteiger partial charge in [-0.1, -0.05) is 24.6 Å². The number of hydrogen-bond acceptors (Lipinski definition) is 5. The first-order valence-electron chi connectivity index (χ1n) is 9.00. The largest absolute Gasteiger partial charge is 0.368 e. The number of nitrogens with zero attached hydrogens (tertiary/aromatic N) is 3. The van der Waals surface area contributed by atoms with Crippen molar-refractivity contribution in [1.82, 2.24) is 15.2 Å². The Morgan fingerprint density at radius 3 is 2.63 bits per heavy atom. The zero-order valence-electron chi connectivity index (χ0n) is 15.5. The summed E-state index contributed by atoms with van der Waals surface area (Å²) in [6.45, 7) is 6.58. The molecule has 1 aromatic heterocycles. The van der Waals surface area contributed by atoms with E-state index in [2.05, 4.69) is 15.2 Å². The fraction of sp³-hybridized carbons (Fsp3) is 0.421. The molecule has 1 fully saturated rings. The second-order valence-electron chi connectivity index (χ2n) is 6.41. The van der Waals surface area contributed by atoms with Crippen LogP contribution in [0.25, 0.3) is 0 Å². The minimum absolute atomic E-state index is 0.00873. The molecule has 27 heavy (non-hydrogen) atoms. The summed E-state index contributed by atoms with van der Waals surface area (Å²) < 4.78 is 0. The van der Waals surface area contributed by atoms with Crippen LogP contribution in [-0.4, -0.2) is 54.4 Å². The van der Waals surface area contributed by atoms with Crippen molar-refractivity contribution in [2.45, 2.75) is 20.3 Å². The van der Waals surface area contributed by atoms with Crippen LogP contribution in [-0.2, 0) is 11.2 Å². The van der Waals surface area contributed by atoms with Gasteiger partial charge in [-0.15, -0.1) is 11.3 Å². The molecule has 1 aliphatic rings. The maximum Gasteiger partial charge on any atom is 0.263 e. The number of halogens is 1. The highest BCUT2D eigenvalue weighted by Gasteiger charge is 2.22. The van der Waals surface area contributed by atoms with Gasteiger partial charge in [0, 0.05) is 36.9 Å². The minimum atomic E-state index is -0.226. The van der Waals surface area contributed by atoms with Gasteiger partial charge >= 0.3 is 0 Å². The molecule has 3 rings (SSSR count). The molecule has 144 valence electrons. The number of carbonyl (C=O) groups excluding carboxylic acids is 2. The highest BCUT2D eigenvalue weighted by atomic mass is 35.5. The van der Waals surface area contributed by atoms with Crippen LogP contribution >= 0.6 is 22.9 Å². The number of piperazine rings is 1. The van der Waals surface area contributed by atoms with Crippen LogP contribution in [0, 0.1) is 6.92 Å². The van der Waals surface area contributed by atoms with E-state index in [0.29, 0.717) is 23.0 Å². The summed E-state index contributed by atoms with van der Waals surface area (Å²) in [4.78, 5) is 33.7. The van der Waals surface area contributed by atoms with Gasteiger partial charge in [-0.3, -0.25) is 9.59 Å². The second-order valence-corrected chi connectivity index (χ2v) is 7.93. The van der Waals surface area contributed by atoms with Crippen molar-refractivity contribution in [2.75, 3.05) is 37.6 Å². The number of aromatic nitrogens is 1. The smallest absolute Gasteiger partial charge is 0.263 e. The lowest BCUT2D eigenvalue weighted by Gasteiger charge is -2.36. The lowest BCUT2D eigenvalue weighted by molar-refractivity contribution is -0.130. The molecular weight excluding hydrogens is 384 g/mol. The Hall–Kier alpha value is -2.12. The molecule has 6 nitrogen and oxygen atoms in total. The van der Waals surface area contributed by atoms with Gasteiger partial charge in [0.1, 0.15) is 4.88 Å². The summed E-state index contributed by atoms with van der Waals surface area (Å²) >= 11 is 7.44. The molecule has 2 heterocycles. The number of amides is 2. The van der Waals surface area contributed by atoms with Crippen molar-refractivity contribution in [3.05, 3.63) is 44.9 Å². The van der Waals surface area contributed by atoms with Gasteiger partial charge in [-0.2, -0.15) is 0 Å². The summed E-state index contributed by atoms with van der Waals surface area (Å²) in [5.74, 6) is -0.289. The first-order valence-corrected chi connectivity index (χ1v) is 10.2. The Bertz CT molecular complexity index is 831. The third-order valence-corrected chi connectivity index (χ3v) is 6.09. The topological polar surface area (TPSA) is 65.5 Å². The van der Waals surface area contributed by atoms with Gasteiger partial charge < -0.3 is 15.1 Å². The number of aryl methyl sites for hydroxylation is 2. The average Bonchev–Trinajstić information content (AvgIpc) is 3.07. The van der Waals surface area contributed by atoms with Crippen LogP contribution in [0.5, 0.6) is 0 Å². The number of benzene rings is 1. The molecule has 0 unspecified atom stereocenters. The van der Waals surface area contributed by atoms with Gasteiger partial charge in [0.2, 0.25) is 5.91 Å². The van der Waals surface area contributed by atoms with E-state index >= 15 is 0 Å². The van der Waals surface area contributed by atoms with Gasteiger partial charge in [-0.25, -0.2) is 4.98 Å². The van der Waals surface area contributed by atoms with Gasteiger partial charge in [0.15, 0.2) is 0 Å². The Balaban J connectivity index is 1.49. The molecule has 0 aliphatic carbocycles. The number of anilines is 1. The standard InChI is InChI=1S/C19H23ClN4O2S/c1-3-16-22-13(2)18(27-16)19(26)21-12-17(25)24-9-7-23(8-10-24)15-6-4-5-14(20)11-15/h4-6,11H,3,7-10,12H2,1-2H3,(H,21,26). The lowest BCUT2D eigenvalue weighted by atomic mass is 10.2. The maximum absolute atomic E-state index is 12.4. The molecule has 1 N–H and O–H groups in total. The van der Waals surface area contributed by atoms with Crippen LogP contribution in [0.4, 0.5) is 5.69 Å². The van der Waals surface area contributed by atoms with Crippen LogP contribution < -0.4 is 10.2 Å². The van der Waals surface area contributed by atoms with E-state index in [1.165, 1.54) is 11.3 Å². The monoisotopic (exact) mass is 406 g/mol. The van der Waals surface area contributed by atoms with Crippen LogP contribution in [0.1, 0.15) is 27.3 Å². The number of rotatable bonds is 5. The van der Waals surface area contributed by atoms with Crippen LogP contribution in [0.2, 0.25) is 5.02 Å². The lowest BCUT2D eigenvalue weighted by Crippen LogP contribution is -2.51. The van der Waals surface area contributed by atoms with Crippen molar-refractivity contribution >= 4 is 40.4 Å². The molecule has 0 spiro atoms. The summed E-state index contributed by atoms with van der Waals surface area (Å²) in [6, 6.07) is 7.73. The van der Waals surface area contributed by atoms with Crippen molar-refractivity contribution in [2.24, 2.45) is 0 Å². The van der Waals surface area contributed by atoms with Crippen LogP contribution in [0.3, 0.4) is 0 Å². The highest BCUT2D eigenvalue weighted by Crippen LogP contribution is 2.21. The van der Waals surface area contributed by atoms with Gasteiger partial charge in [0.25, 0.3) is 5.91 Å². The third-order valence-electron chi connectivity index (χ3n) is 4.56. The van der Waals surface area contributed by atoms with Crippen molar-refractivity contribution in [3.8, 4) is 0 Å². The molecule has 1 saturated heterocycles. The van der Waals surface area contributed by atoms with E-state index in [1.807, 2.05) is 38.1 Å². The first kappa shape index (κ1) is 19.6. The van der Waals surface area contributed by atoms with E-state index in [9.17, 15) is 9.59 Å². The molecule has 0 radical (unpaired) electrons. The average molecular weight is 407 g/mol. The number of carbonyl (C=O) groups is 2. The van der Waals surface area contributed by atoms with E-state index < -0.39 is 0 Å². The van der Waals surface area contributed by atoms with Crippen molar-refractivity contribution in [3.63, 3.8) is 0 Å². The molecule has 0 saturated carbocycles. The molecule has 0 bridgehead atoms. The molecule has 8 heteroatoms. The summed E-state index contributed by atoms with van der Waals surface area (Å²) in [5, 5.41) is 4.37. The predicted molar refractivity (Wildman–Crippen MR) is 109 cm³/mol. The van der Waals surface area contributed by atoms with E-state index in [4.69, 9.17) is 11.6 Å². The first-order chi connectivity index (χ1) is 13.0. The quantitative estimate of drug-likeness (QED) is 0.829. The van der Waals surface area contributed by atoms with Crippen molar-refractivity contribution < 1.29 is 9.59 Å². The Morgan fingerprint density at radius 2 is 2.00 bits per heavy atom. The van der Waals surface area contributed by atoms with Crippen molar-refractivity contribution in [1.29, 1.82) is 0 Å². The second kappa shape index (κ2) is 8.71.